The fourth-order valence-corrected chi connectivity index (χ4v) is 1.59. The Morgan fingerprint density at radius 1 is 1.07 bits per heavy atom. The summed E-state index contributed by atoms with van der Waals surface area (Å²) in [6, 6.07) is 10.6. The van der Waals surface area contributed by atoms with Crippen molar-refractivity contribution in [3.8, 4) is 0 Å². The topological polar surface area (TPSA) is 12.0 Å². The van der Waals surface area contributed by atoms with Crippen molar-refractivity contribution in [2.45, 2.75) is 33.2 Å². The summed E-state index contributed by atoms with van der Waals surface area (Å²) in [5, 5.41) is 3.50. The molecule has 0 aliphatic heterocycles. The van der Waals surface area contributed by atoms with E-state index in [1.54, 1.807) is 0 Å². The van der Waals surface area contributed by atoms with Crippen LogP contribution in [0, 0.1) is 5.92 Å². The Balaban J connectivity index is 2.21. The molecule has 0 unspecified atom stereocenters. The highest BCUT2D eigenvalue weighted by atomic mass is 14.9. The van der Waals surface area contributed by atoms with Crippen LogP contribution in [-0.2, 0) is 6.54 Å². The minimum absolute atomic E-state index is 0.832. The molecule has 0 radical (unpaired) electrons. The average molecular weight is 191 g/mol. The first-order valence-electron chi connectivity index (χ1n) is 5.61. The molecule has 0 heterocycles. The van der Waals surface area contributed by atoms with Crippen LogP contribution < -0.4 is 5.32 Å². The van der Waals surface area contributed by atoms with Gasteiger partial charge in [-0.2, -0.15) is 0 Å². The van der Waals surface area contributed by atoms with Crippen LogP contribution in [0.1, 0.15) is 32.3 Å². The van der Waals surface area contributed by atoms with Gasteiger partial charge in [0.2, 0.25) is 0 Å². The quantitative estimate of drug-likeness (QED) is 0.728. The largest absolute Gasteiger partial charge is 0.312 e. The van der Waals surface area contributed by atoms with Crippen LogP contribution >= 0.6 is 0 Å². The van der Waals surface area contributed by atoms with Crippen molar-refractivity contribution in [3.63, 3.8) is 0 Å². The van der Waals surface area contributed by atoms with Gasteiger partial charge in [0.05, 0.1) is 0 Å². The van der Waals surface area contributed by atoms with Crippen LogP contribution in [0.25, 0.3) is 0 Å². The van der Waals surface area contributed by atoms with Crippen molar-refractivity contribution in [1.82, 2.24) is 5.32 Å². The van der Waals surface area contributed by atoms with Crippen LogP contribution in [0.4, 0.5) is 0 Å². The maximum absolute atomic E-state index is 3.50. The molecule has 0 fully saturated rings. The lowest BCUT2D eigenvalue weighted by Gasteiger charge is -2.13. The summed E-state index contributed by atoms with van der Waals surface area (Å²) in [6.45, 7) is 6.66. The van der Waals surface area contributed by atoms with E-state index in [0.717, 1.165) is 19.0 Å². The van der Waals surface area contributed by atoms with Crippen molar-refractivity contribution in [2.24, 2.45) is 5.92 Å². The van der Waals surface area contributed by atoms with Gasteiger partial charge in [0.15, 0.2) is 0 Å². The fraction of sp³-hybridized carbons (Fsp3) is 0.538. The van der Waals surface area contributed by atoms with Crippen LogP contribution in [0.15, 0.2) is 30.3 Å². The predicted octanol–water partition coefficient (Wildman–Crippen LogP) is 3.21. The number of benzene rings is 1. The second-order valence-electron chi connectivity index (χ2n) is 3.80. The van der Waals surface area contributed by atoms with E-state index in [1.165, 1.54) is 18.4 Å². The average Bonchev–Trinajstić information content (AvgIpc) is 2.26. The first-order chi connectivity index (χ1) is 6.86. The third-order valence-electron chi connectivity index (χ3n) is 2.76. The normalized spacial score (nSPS) is 10.8. The third-order valence-corrected chi connectivity index (χ3v) is 2.76. The lowest BCUT2D eigenvalue weighted by molar-refractivity contribution is 0.449. The zero-order valence-corrected chi connectivity index (χ0v) is 9.29. The molecule has 0 atom stereocenters. The van der Waals surface area contributed by atoms with Crippen LogP contribution in [0.5, 0.6) is 0 Å². The van der Waals surface area contributed by atoms with E-state index >= 15 is 0 Å². The fourth-order valence-electron chi connectivity index (χ4n) is 1.59. The lowest BCUT2D eigenvalue weighted by Crippen LogP contribution is -2.21. The molecular formula is C13H21N. The summed E-state index contributed by atoms with van der Waals surface area (Å²) in [5.74, 6) is 0.832. The second-order valence-corrected chi connectivity index (χ2v) is 3.80. The van der Waals surface area contributed by atoms with E-state index in [2.05, 4.69) is 49.5 Å². The molecule has 1 N–H and O–H groups in total. The maximum Gasteiger partial charge on any atom is 0.0205 e. The number of rotatable bonds is 6. The Kier molecular flexibility index (Phi) is 5.31. The molecule has 0 spiro atoms. The summed E-state index contributed by atoms with van der Waals surface area (Å²) < 4.78 is 0. The van der Waals surface area contributed by atoms with Gasteiger partial charge >= 0.3 is 0 Å². The molecule has 1 nitrogen and oxygen atoms in total. The zero-order valence-electron chi connectivity index (χ0n) is 9.29. The first-order valence-corrected chi connectivity index (χ1v) is 5.61. The van der Waals surface area contributed by atoms with Gasteiger partial charge in [-0.25, -0.2) is 0 Å². The van der Waals surface area contributed by atoms with Crippen molar-refractivity contribution in [2.75, 3.05) is 6.54 Å². The van der Waals surface area contributed by atoms with Gasteiger partial charge in [0.1, 0.15) is 0 Å². The SMILES string of the molecule is CCC(CC)CNCc1ccccc1. The van der Waals surface area contributed by atoms with E-state index in [4.69, 9.17) is 0 Å². The van der Waals surface area contributed by atoms with Crippen molar-refractivity contribution >= 4 is 0 Å². The smallest absolute Gasteiger partial charge is 0.0205 e. The monoisotopic (exact) mass is 191 g/mol. The van der Waals surface area contributed by atoms with E-state index in [1.807, 2.05) is 0 Å². The van der Waals surface area contributed by atoms with E-state index in [9.17, 15) is 0 Å². The molecule has 0 bridgehead atoms. The first kappa shape index (κ1) is 11.3. The molecule has 0 saturated carbocycles. The minimum Gasteiger partial charge on any atom is -0.312 e. The Morgan fingerprint density at radius 3 is 2.29 bits per heavy atom. The molecule has 0 aromatic heterocycles. The van der Waals surface area contributed by atoms with Crippen molar-refractivity contribution in [1.29, 1.82) is 0 Å². The molecule has 14 heavy (non-hydrogen) atoms. The van der Waals surface area contributed by atoms with Gasteiger partial charge in [-0.1, -0.05) is 57.0 Å². The molecule has 1 heteroatoms. The zero-order chi connectivity index (χ0) is 10.2. The molecule has 0 aliphatic carbocycles. The molecular weight excluding hydrogens is 170 g/mol. The van der Waals surface area contributed by atoms with Gasteiger partial charge in [-0.05, 0) is 18.0 Å². The molecule has 0 amide bonds. The van der Waals surface area contributed by atoms with Gasteiger partial charge in [-0.15, -0.1) is 0 Å². The molecule has 0 aliphatic rings. The third kappa shape index (κ3) is 3.93. The minimum atomic E-state index is 0.832. The number of hydrogen-bond acceptors (Lipinski definition) is 1. The number of hydrogen-bond donors (Lipinski definition) is 1. The maximum atomic E-state index is 3.50. The summed E-state index contributed by atoms with van der Waals surface area (Å²) in [7, 11) is 0. The van der Waals surface area contributed by atoms with Gasteiger partial charge < -0.3 is 5.32 Å². The molecule has 1 rings (SSSR count). The summed E-state index contributed by atoms with van der Waals surface area (Å²) in [5.41, 5.74) is 1.37. The number of nitrogens with one attached hydrogen (secondary N) is 1. The second kappa shape index (κ2) is 6.61. The van der Waals surface area contributed by atoms with Gasteiger partial charge in [-0.3, -0.25) is 0 Å². The van der Waals surface area contributed by atoms with Crippen LogP contribution in [0.2, 0.25) is 0 Å². The van der Waals surface area contributed by atoms with Gasteiger partial charge in [0, 0.05) is 6.54 Å². The van der Waals surface area contributed by atoms with Crippen molar-refractivity contribution in [3.05, 3.63) is 35.9 Å². The van der Waals surface area contributed by atoms with Crippen LogP contribution in [0.3, 0.4) is 0 Å². The summed E-state index contributed by atoms with van der Waals surface area (Å²) >= 11 is 0. The Hall–Kier alpha value is -0.820. The van der Waals surface area contributed by atoms with E-state index in [0.29, 0.717) is 0 Å². The Labute approximate surface area is 87.5 Å². The molecule has 1 aromatic rings. The highest BCUT2D eigenvalue weighted by Crippen LogP contribution is 2.05. The highest BCUT2D eigenvalue weighted by Gasteiger charge is 2.01. The molecule has 0 saturated heterocycles. The molecule has 78 valence electrons. The standard InChI is InChI=1S/C13H21N/c1-3-12(4-2)10-14-11-13-8-6-5-7-9-13/h5-9,12,14H,3-4,10-11H2,1-2H3. The molecule has 1 aromatic carbocycles. The van der Waals surface area contributed by atoms with Gasteiger partial charge in [0.25, 0.3) is 0 Å². The van der Waals surface area contributed by atoms with Crippen LogP contribution in [-0.4, -0.2) is 6.54 Å². The highest BCUT2D eigenvalue weighted by molar-refractivity contribution is 5.14. The Morgan fingerprint density at radius 2 is 1.71 bits per heavy atom. The lowest BCUT2D eigenvalue weighted by atomic mass is 10.0. The summed E-state index contributed by atoms with van der Waals surface area (Å²) in [4.78, 5) is 0. The Bertz CT molecular complexity index is 226. The van der Waals surface area contributed by atoms with E-state index in [-0.39, 0.29) is 0 Å². The van der Waals surface area contributed by atoms with E-state index < -0.39 is 0 Å². The van der Waals surface area contributed by atoms with Crippen molar-refractivity contribution < 1.29 is 0 Å². The summed E-state index contributed by atoms with van der Waals surface area (Å²) in [6.07, 6.45) is 2.55. The predicted molar refractivity (Wildman–Crippen MR) is 62.2 cm³/mol.